The molecule has 2 aromatic heterocycles. The summed E-state index contributed by atoms with van der Waals surface area (Å²) >= 11 is 4.87. The van der Waals surface area contributed by atoms with E-state index in [1.54, 1.807) is 7.05 Å². The van der Waals surface area contributed by atoms with Crippen LogP contribution < -0.4 is 5.73 Å². The van der Waals surface area contributed by atoms with Gasteiger partial charge < -0.3 is 5.73 Å². The highest BCUT2D eigenvalue weighted by Crippen LogP contribution is 2.23. The molecule has 0 amide bonds. The van der Waals surface area contributed by atoms with Crippen molar-refractivity contribution in [2.45, 2.75) is 18.0 Å². The van der Waals surface area contributed by atoms with Crippen molar-refractivity contribution in [2.24, 2.45) is 5.73 Å². The van der Waals surface area contributed by atoms with Gasteiger partial charge in [-0.15, -0.1) is 11.3 Å². The topological polar surface area (TPSA) is 81.2 Å². The van der Waals surface area contributed by atoms with Crippen LogP contribution in [0.1, 0.15) is 4.88 Å². The van der Waals surface area contributed by atoms with Crippen LogP contribution in [0.5, 0.6) is 0 Å². The first-order valence-corrected chi connectivity index (χ1v) is 8.96. The molecule has 0 aliphatic heterocycles. The normalized spacial score (nSPS) is 12.2. The first kappa shape index (κ1) is 15.6. The maximum absolute atomic E-state index is 12.4. The van der Waals surface area contributed by atoms with Gasteiger partial charge in [0, 0.05) is 41.1 Å². The molecule has 9 heteroatoms. The Bertz CT molecular complexity index is 680. The Morgan fingerprint density at radius 1 is 1.55 bits per heavy atom. The summed E-state index contributed by atoms with van der Waals surface area (Å²) in [6.45, 7) is 1.25. The van der Waals surface area contributed by atoms with Crippen LogP contribution in [0.4, 0.5) is 0 Å². The summed E-state index contributed by atoms with van der Waals surface area (Å²) in [5.74, 6) is 0. The fraction of sp³-hybridized carbons (Fsp3) is 0.364. The maximum atomic E-state index is 12.4. The summed E-state index contributed by atoms with van der Waals surface area (Å²) < 4.78 is 28.6. The summed E-state index contributed by atoms with van der Waals surface area (Å²) in [7, 11) is -1.97. The molecule has 20 heavy (non-hydrogen) atoms. The van der Waals surface area contributed by atoms with Crippen LogP contribution in [-0.4, -0.2) is 36.1 Å². The molecule has 2 heterocycles. The molecule has 0 fully saturated rings. The van der Waals surface area contributed by atoms with Gasteiger partial charge in [-0.3, -0.25) is 4.68 Å². The minimum absolute atomic E-state index is 0.184. The zero-order chi connectivity index (χ0) is 14.8. The van der Waals surface area contributed by atoms with Crippen LogP contribution in [0.2, 0.25) is 0 Å². The maximum Gasteiger partial charge on any atom is 0.246 e. The quantitative estimate of drug-likeness (QED) is 0.825. The van der Waals surface area contributed by atoms with Crippen LogP contribution in [-0.2, 0) is 23.1 Å². The van der Waals surface area contributed by atoms with Gasteiger partial charge in [0.2, 0.25) is 10.0 Å². The molecular formula is C11H15BrN4O2S2. The predicted octanol–water partition coefficient (Wildman–Crippen LogP) is 1.49. The van der Waals surface area contributed by atoms with Crippen LogP contribution >= 0.6 is 27.3 Å². The minimum Gasteiger partial charge on any atom is -0.329 e. The van der Waals surface area contributed by atoms with Crippen molar-refractivity contribution in [2.75, 3.05) is 13.6 Å². The van der Waals surface area contributed by atoms with E-state index in [4.69, 9.17) is 5.73 Å². The molecule has 2 N–H and O–H groups in total. The van der Waals surface area contributed by atoms with E-state index in [0.29, 0.717) is 19.6 Å². The second-order valence-electron chi connectivity index (χ2n) is 4.22. The van der Waals surface area contributed by atoms with Gasteiger partial charge in [-0.25, -0.2) is 8.42 Å². The van der Waals surface area contributed by atoms with E-state index in [1.165, 1.54) is 32.7 Å². The number of halogens is 1. The first-order chi connectivity index (χ1) is 9.43. The Kier molecular flexibility index (Phi) is 4.97. The van der Waals surface area contributed by atoms with Gasteiger partial charge in [0.05, 0.1) is 12.7 Å². The van der Waals surface area contributed by atoms with E-state index in [-0.39, 0.29) is 4.90 Å². The average Bonchev–Trinajstić information content (AvgIpc) is 2.99. The van der Waals surface area contributed by atoms with E-state index in [0.717, 1.165) is 9.35 Å². The number of nitrogens with zero attached hydrogens (tertiary/aromatic N) is 3. The van der Waals surface area contributed by atoms with Crippen molar-refractivity contribution in [3.05, 3.63) is 33.2 Å². The lowest BCUT2D eigenvalue weighted by Gasteiger charge is -2.14. The summed E-state index contributed by atoms with van der Waals surface area (Å²) in [5.41, 5.74) is 5.42. The number of thiophene rings is 1. The lowest BCUT2D eigenvalue weighted by atomic mass is 10.5. The molecule has 0 aromatic carbocycles. The lowest BCUT2D eigenvalue weighted by molar-refractivity contribution is 0.469. The standard InChI is InChI=1S/C11H15BrN4O2S2/c1-15(6-10-4-9(12)8-19-10)20(17,18)11-5-14-16(7-11)3-2-13/h4-5,7-8H,2-3,6,13H2,1H3. The Morgan fingerprint density at radius 3 is 2.90 bits per heavy atom. The third-order valence-electron chi connectivity index (χ3n) is 2.68. The molecule has 110 valence electrons. The number of nitrogens with two attached hydrogens (primary N) is 1. The van der Waals surface area contributed by atoms with E-state index >= 15 is 0 Å². The summed E-state index contributed by atoms with van der Waals surface area (Å²) in [4.78, 5) is 1.15. The highest BCUT2D eigenvalue weighted by Gasteiger charge is 2.23. The number of aromatic nitrogens is 2. The van der Waals surface area contributed by atoms with Crippen molar-refractivity contribution in [1.82, 2.24) is 14.1 Å². The number of rotatable bonds is 6. The SMILES string of the molecule is CN(Cc1cc(Br)cs1)S(=O)(=O)c1cnn(CCN)c1. The Hall–Kier alpha value is -0.740. The van der Waals surface area contributed by atoms with Crippen LogP contribution in [0.15, 0.2) is 33.2 Å². The fourth-order valence-electron chi connectivity index (χ4n) is 1.65. The third-order valence-corrected chi connectivity index (χ3v) is 6.11. The number of sulfonamides is 1. The third kappa shape index (κ3) is 3.47. The smallest absolute Gasteiger partial charge is 0.246 e. The van der Waals surface area contributed by atoms with Gasteiger partial charge in [0.1, 0.15) is 4.90 Å². The summed E-state index contributed by atoms with van der Waals surface area (Å²) in [6, 6.07) is 1.91. The monoisotopic (exact) mass is 378 g/mol. The van der Waals surface area contributed by atoms with E-state index in [1.807, 2.05) is 11.4 Å². The molecule has 0 saturated carbocycles. The van der Waals surface area contributed by atoms with Gasteiger partial charge in [0.25, 0.3) is 0 Å². The number of hydrogen-bond donors (Lipinski definition) is 1. The molecule has 0 unspecified atom stereocenters. The lowest BCUT2D eigenvalue weighted by Crippen LogP contribution is -2.25. The minimum atomic E-state index is -3.52. The van der Waals surface area contributed by atoms with E-state index in [9.17, 15) is 8.42 Å². The van der Waals surface area contributed by atoms with Gasteiger partial charge in [-0.1, -0.05) is 0 Å². The molecule has 0 spiro atoms. The zero-order valence-corrected chi connectivity index (χ0v) is 14.1. The average molecular weight is 379 g/mol. The first-order valence-electron chi connectivity index (χ1n) is 5.85. The molecule has 0 aliphatic rings. The fourth-order valence-corrected chi connectivity index (χ4v) is 4.34. The molecule has 0 radical (unpaired) electrons. The molecular weight excluding hydrogens is 364 g/mol. The van der Waals surface area contributed by atoms with Crippen molar-refractivity contribution in [3.8, 4) is 0 Å². The van der Waals surface area contributed by atoms with Crippen LogP contribution in [0.3, 0.4) is 0 Å². The van der Waals surface area contributed by atoms with Gasteiger partial charge in [-0.2, -0.15) is 9.40 Å². The van der Waals surface area contributed by atoms with Crippen LogP contribution in [0, 0.1) is 0 Å². The highest BCUT2D eigenvalue weighted by atomic mass is 79.9. The molecule has 0 aliphatic carbocycles. The Labute approximate surface area is 130 Å². The largest absolute Gasteiger partial charge is 0.329 e. The molecule has 6 nitrogen and oxygen atoms in total. The van der Waals surface area contributed by atoms with Crippen molar-refractivity contribution < 1.29 is 8.42 Å². The summed E-state index contributed by atoms with van der Waals surface area (Å²) in [6.07, 6.45) is 2.86. The summed E-state index contributed by atoms with van der Waals surface area (Å²) in [5, 5.41) is 5.92. The predicted molar refractivity (Wildman–Crippen MR) is 82.0 cm³/mol. The second kappa shape index (κ2) is 6.35. The van der Waals surface area contributed by atoms with Crippen molar-refractivity contribution in [3.63, 3.8) is 0 Å². The van der Waals surface area contributed by atoms with Crippen molar-refractivity contribution >= 4 is 37.3 Å². The second-order valence-corrected chi connectivity index (χ2v) is 8.18. The molecule has 0 atom stereocenters. The van der Waals surface area contributed by atoms with E-state index < -0.39 is 10.0 Å². The van der Waals surface area contributed by atoms with Gasteiger partial charge in [-0.05, 0) is 22.0 Å². The van der Waals surface area contributed by atoms with Crippen molar-refractivity contribution in [1.29, 1.82) is 0 Å². The Balaban J connectivity index is 2.15. The molecule has 2 rings (SSSR count). The Morgan fingerprint density at radius 2 is 2.30 bits per heavy atom. The van der Waals surface area contributed by atoms with Gasteiger partial charge >= 0.3 is 0 Å². The van der Waals surface area contributed by atoms with Gasteiger partial charge in [0.15, 0.2) is 0 Å². The van der Waals surface area contributed by atoms with Crippen LogP contribution in [0.25, 0.3) is 0 Å². The molecule has 0 saturated heterocycles. The highest BCUT2D eigenvalue weighted by molar-refractivity contribution is 9.10. The number of hydrogen-bond acceptors (Lipinski definition) is 5. The van der Waals surface area contributed by atoms with E-state index in [2.05, 4.69) is 21.0 Å². The zero-order valence-electron chi connectivity index (χ0n) is 10.9. The molecule has 2 aromatic rings. The molecule has 0 bridgehead atoms.